The van der Waals surface area contributed by atoms with Crippen LogP contribution in [0.25, 0.3) is 0 Å². The molecule has 0 aliphatic carbocycles. The van der Waals surface area contributed by atoms with Crippen LogP contribution >= 0.6 is 25.8 Å². The lowest BCUT2D eigenvalue weighted by Gasteiger charge is -2.01. The third-order valence-electron chi connectivity index (χ3n) is 1.74. The van der Waals surface area contributed by atoms with Gasteiger partial charge < -0.3 is 28.6 Å². The van der Waals surface area contributed by atoms with Crippen LogP contribution in [-0.4, -0.2) is 26.7 Å². The van der Waals surface area contributed by atoms with E-state index in [2.05, 4.69) is 4.31 Å². The second-order valence-corrected chi connectivity index (χ2v) is 5.97. The maximum atomic E-state index is 7.82. The Hall–Kier alpha value is -0.130. The molecule has 0 amide bonds. The molecule has 4 N–H and O–H groups in total. The van der Waals surface area contributed by atoms with Crippen LogP contribution in [0.1, 0.15) is 5.56 Å². The fourth-order valence-corrected chi connectivity index (χ4v) is 2.40. The highest BCUT2D eigenvalue weighted by Gasteiger charge is 2.26. The van der Waals surface area contributed by atoms with Gasteiger partial charge in [0.2, 0.25) is 0 Å². The fourth-order valence-electron chi connectivity index (χ4n) is 1.08. The molecule has 1 aliphatic heterocycles. The molecule has 1 aliphatic rings. The predicted octanol–water partition coefficient (Wildman–Crippen LogP) is 2.07. The van der Waals surface area contributed by atoms with Gasteiger partial charge in [0.05, 0.1) is 0 Å². The first-order valence-electron chi connectivity index (χ1n) is 4.77. The van der Waals surface area contributed by atoms with Gasteiger partial charge in [-0.2, -0.15) is 0 Å². The van der Waals surface area contributed by atoms with E-state index >= 15 is 0 Å². The maximum Gasteiger partial charge on any atom is 0.463 e. The van der Waals surface area contributed by atoms with Crippen molar-refractivity contribution in [2.24, 2.45) is 0 Å². The lowest BCUT2D eigenvalue weighted by Crippen LogP contribution is -1.85. The Balaban J connectivity index is 0.000000224. The van der Waals surface area contributed by atoms with Crippen LogP contribution < -0.4 is 9.05 Å². The van der Waals surface area contributed by atoms with Crippen molar-refractivity contribution in [3.05, 3.63) is 23.8 Å². The van der Waals surface area contributed by atoms with Gasteiger partial charge in [-0.25, -0.2) is 4.31 Å². The Kier molecular flexibility index (Phi) is 7.32. The van der Waals surface area contributed by atoms with Crippen molar-refractivity contribution < 1.29 is 37.5 Å². The van der Waals surface area contributed by atoms with Crippen molar-refractivity contribution in [1.29, 1.82) is 0 Å². The summed E-state index contributed by atoms with van der Waals surface area (Å²) < 4.78 is 19.2. The zero-order valence-electron chi connectivity index (χ0n) is 10.00. The largest absolute Gasteiger partial charge is 0.463 e. The van der Waals surface area contributed by atoms with Gasteiger partial charge in [0.15, 0.2) is 11.5 Å². The van der Waals surface area contributed by atoms with Crippen LogP contribution in [-0.2, 0) is 8.83 Å². The molecule has 0 aromatic heterocycles. The average Bonchev–Trinajstić information content (AvgIpc) is 2.69. The molecule has 0 radical (unpaired) electrons. The molecular weight excluding hydrogens is 317 g/mol. The molecule has 0 saturated heterocycles. The highest BCUT2D eigenvalue weighted by Crippen LogP contribution is 2.52. The van der Waals surface area contributed by atoms with E-state index in [0.29, 0.717) is 0 Å². The van der Waals surface area contributed by atoms with Gasteiger partial charge in [0.1, 0.15) is 0 Å². The van der Waals surface area contributed by atoms with Crippen molar-refractivity contribution in [3.8, 4) is 11.5 Å². The van der Waals surface area contributed by atoms with Gasteiger partial charge in [0, 0.05) is 7.11 Å². The second-order valence-electron chi connectivity index (χ2n) is 3.13. The molecule has 8 nitrogen and oxygen atoms in total. The Morgan fingerprint density at radius 2 is 1.63 bits per heavy atom. The number of benzene rings is 1. The van der Waals surface area contributed by atoms with E-state index in [1.807, 2.05) is 25.1 Å². The zero-order chi connectivity index (χ0) is 14.4. The lowest BCUT2D eigenvalue weighted by atomic mass is 10.2. The number of hydrogen-bond acceptors (Lipinski definition) is 8. The van der Waals surface area contributed by atoms with Crippen molar-refractivity contribution in [2.75, 3.05) is 7.11 Å². The average molecular weight is 330 g/mol. The summed E-state index contributed by atoms with van der Waals surface area (Å²) in [4.78, 5) is 31.3. The van der Waals surface area contributed by atoms with E-state index < -0.39 is 25.8 Å². The van der Waals surface area contributed by atoms with Crippen LogP contribution in [0.5, 0.6) is 11.5 Å². The van der Waals surface area contributed by atoms with Crippen LogP contribution in [0.15, 0.2) is 18.2 Å². The monoisotopic (exact) mass is 330 g/mol. The summed E-state index contributed by atoms with van der Waals surface area (Å²) >= 11 is 0. The lowest BCUT2D eigenvalue weighted by molar-refractivity contribution is 0.324. The van der Waals surface area contributed by atoms with E-state index in [-0.39, 0.29) is 0 Å². The minimum absolute atomic E-state index is 0.772. The van der Waals surface area contributed by atoms with E-state index in [0.717, 1.165) is 17.1 Å². The van der Waals surface area contributed by atoms with Crippen LogP contribution in [0.4, 0.5) is 0 Å². The van der Waals surface area contributed by atoms with Crippen molar-refractivity contribution in [1.82, 2.24) is 0 Å². The summed E-state index contributed by atoms with van der Waals surface area (Å²) in [6.45, 7) is 2.01. The fraction of sp³-hybridized carbons (Fsp3) is 0.250. The Morgan fingerprint density at radius 1 is 1.05 bits per heavy atom. The topological polar surface area (TPSA) is 118 Å². The minimum Gasteiger partial charge on any atom is -0.414 e. The molecule has 19 heavy (non-hydrogen) atoms. The third kappa shape index (κ3) is 6.23. The maximum absolute atomic E-state index is 7.82. The standard InChI is InChI=1S/C8H9O3P.H4O5P2/c1-6-3-4-7-8(5-6)11-12(9-2)10-7;1-6(2)5-7(3)4/h3-5H,1-2H3;1-4H. The van der Waals surface area contributed by atoms with Gasteiger partial charge in [-0.15, -0.1) is 0 Å². The molecule has 108 valence electrons. The van der Waals surface area contributed by atoms with E-state index in [1.165, 1.54) is 0 Å². The van der Waals surface area contributed by atoms with Crippen LogP contribution in [0.3, 0.4) is 0 Å². The number of fused-ring (bicyclic) bond motifs is 1. The molecule has 1 aromatic rings. The van der Waals surface area contributed by atoms with Crippen LogP contribution in [0.2, 0.25) is 0 Å². The van der Waals surface area contributed by atoms with E-state index in [4.69, 9.17) is 33.1 Å². The van der Waals surface area contributed by atoms with E-state index in [1.54, 1.807) is 7.11 Å². The van der Waals surface area contributed by atoms with Gasteiger partial charge in [-0.05, 0) is 24.6 Å². The molecule has 1 unspecified atom stereocenters. The molecule has 0 bridgehead atoms. The summed E-state index contributed by atoms with van der Waals surface area (Å²) in [6, 6.07) is 5.82. The first-order chi connectivity index (χ1) is 8.92. The first kappa shape index (κ1) is 16.9. The summed E-state index contributed by atoms with van der Waals surface area (Å²) in [5.74, 6) is 1.55. The second kappa shape index (κ2) is 8.22. The highest BCUT2D eigenvalue weighted by atomic mass is 31.2. The Morgan fingerprint density at radius 3 is 2.11 bits per heavy atom. The van der Waals surface area contributed by atoms with Crippen molar-refractivity contribution >= 4 is 25.8 Å². The summed E-state index contributed by atoms with van der Waals surface area (Å²) in [5, 5.41) is 0. The summed E-state index contributed by atoms with van der Waals surface area (Å²) in [5.41, 5.74) is 1.16. The molecule has 0 fully saturated rings. The normalized spacial score (nSPS) is 16.5. The van der Waals surface area contributed by atoms with Crippen molar-refractivity contribution in [2.45, 2.75) is 6.92 Å². The molecule has 0 spiro atoms. The molecule has 1 atom stereocenters. The number of hydrogen-bond donors (Lipinski definition) is 4. The van der Waals surface area contributed by atoms with E-state index in [9.17, 15) is 0 Å². The zero-order valence-corrected chi connectivity index (χ0v) is 12.7. The number of rotatable bonds is 3. The van der Waals surface area contributed by atoms with Crippen molar-refractivity contribution in [3.63, 3.8) is 0 Å². The summed E-state index contributed by atoms with van der Waals surface area (Å²) in [6.07, 6.45) is 0. The quantitative estimate of drug-likeness (QED) is 0.622. The van der Waals surface area contributed by atoms with Gasteiger partial charge >= 0.3 is 25.8 Å². The Bertz CT molecular complexity index is 396. The first-order valence-corrected chi connectivity index (χ1v) is 8.19. The molecule has 0 saturated carbocycles. The Labute approximate surface area is 113 Å². The molecule has 1 heterocycles. The highest BCUT2D eigenvalue weighted by molar-refractivity contribution is 7.53. The predicted molar refractivity (Wildman–Crippen MR) is 70.2 cm³/mol. The molecule has 11 heteroatoms. The molecule has 2 rings (SSSR count). The molecule has 1 aromatic carbocycles. The summed E-state index contributed by atoms with van der Waals surface area (Å²) in [7, 11) is -4.83. The SMILES string of the molecule is COP1Oc2ccc(C)cc2O1.OP(O)OP(O)O. The van der Waals surface area contributed by atoms with Gasteiger partial charge in [0.25, 0.3) is 0 Å². The van der Waals surface area contributed by atoms with Gasteiger partial charge in [-0.3, -0.25) is 4.52 Å². The molecular formula is C8H13O8P3. The minimum atomic E-state index is -2.61. The third-order valence-corrected chi connectivity index (χ3v) is 3.90. The van der Waals surface area contributed by atoms with Crippen LogP contribution in [0, 0.1) is 6.92 Å². The smallest absolute Gasteiger partial charge is 0.414 e. The number of aryl methyl sites for hydroxylation is 1. The van der Waals surface area contributed by atoms with Gasteiger partial charge in [-0.1, -0.05) is 6.07 Å².